The normalized spacial score (nSPS) is 11.6. The fraction of sp³-hybridized carbons (Fsp3) is 0.211. The first-order valence-electron chi connectivity index (χ1n) is 8.56. The fourth-order valence-corrected chi connectivity index (χ4v) is 3.23. The van der Waals surface area contributed by atoms with Crippen LogP contribution in [0.4, 0.5) is 23.7 Å². The molecule has 29 heavy (non-hydrogen) atoms. The minimum Gasteiger partial charge on any atom is -0.465 e. The van der Waals surface area contributed by atoms with Gasteiger partial charge in [-0.1, -0.05) is 24.3 Å². The minimum absolute atomic E-state index is 0.0555. The van der Waals surface area contributed by atoms with Crippen LogP contribution in [0.15, 0.2) is 52.1 Å². The van der Waals surface area contributed by atoms with E-state index >= 15 is 0 Å². The number of benzene rings is 2. The third-order valence-corrected chi connectivity index (χ3v) is 4.46. The Morgan fingerprint density at radius 2 is 1.76 bits per heavy atom. The highest BCUT2D eigenvalue weighted by Crippen LogP contribution is 2.32. The maximum Gasteiger partial charge on any atom is 0.416 e. The number of hydrogen-bond donors (Lipinski definition) is 2. The van der Waals surface area contributed by atoms with E-state index in [0.717, 1.165) is 6.07 Å². The highest BCUT2D eigenvalue weighted by molar-refractivity contribution is 5.97. The van der Waals surface area contributed by atoms with E-state index in [2.05, 4.69) is 5.32 Å². The summed E-state index contributed by atoms with van der Waals surface area (Å²) >= 11 is 0. The Bertz CT molecular complexity index is 1210. The molecule has 0 radical (unpaired) electrons. The second-order valence-corrected chi connectivity index (χ2v) is 6.20. The molecule has 152 valence electrons. The molecule has 3 aromatic rings. The molecule has 0 atom stereocenters. The standard InChI is InChI=1S/C19H16F3N3O4/c1-2-24-14-9-5-8-13(23-17(27)28)15(14)16(26)25(18(24)29)10-11-6-3-4-7-12(11)19(20,21)22/h3-9,23H,2,10H2,1H3,(H,27,28). The summed E-state index contributed by atoms with van der Waals surface area (Å²) in [4.78, 5) is 36.9. The van der Waals surface area contributed by atoms with Gasteiger partial charge < -0.3 is 5.11 Å². The van der Waals surface area contributed by atoms with Gasteiger partial charge in [0.15, 0.2) is 0 Å². The molecule has 0 bridgehead atoms. The molecule has 7 nitrogen and oxygen atoms in total. The van der Waals surface area contributed by atoms with Crippen molar-refractivity contribution in [2.24, 2.45) is 0 Å². The van der Waals surface area contributed by atoms with Crippen molar-refractivity contribution in [3.05, 3.63) is 74.4 Å². The van der Waals surface area contributed by atoms with Crippen LogP contribution >= 0.6 is 0 Å². The van der Waals surface area contributed by atoms with Crippen LogP contribution in [0.2, 0.25) is 0 Å². The van der Waals surface area contributed by atoms with Gasteiger partial charge in [-0.3, -0.25) is 19.2 Å². The van der Waals surface area contributed by atoms with Crippen LogP contribution in [-0.2, 0) is 19.3 Å². The first-order valence-corrected chi connectivity index (χ1v) is 8.56. The summed E-state index contributed by atoms with van der Waals surface area (Å²) in [5.41, 5.74) is -2.73. The first kappa shape index (κ1) is 20.2. The lowest BCUT2D eigenvalue weighted by atomic mass is 10.1. The summed E-state index contributed by atoms with van der Waals surface area (Å²) in [7, 11) is 0. The fourth-order valence-electron chi connectivity index (χ4n) is 3.23. The molecule has 2 aromatic carbocycles. The van der Waals surface area contributed by atoms with Gasteiger partial charge in [0.1, 0.15) is 0 Å². The number of aryl methyl sites for hydroxylation is 1. The van der Waals surface area contributed by atoms with E-state index in [1.54, 1.807) is 6.92 Å². The quantitative estimate of drug-likeness (QED) is 0.694. The first-order chi connectivity index (χ1) is 13.6. The van der Waals surface area contributed by atoms with Crippen LogP contribution in [0.5, 0.6) is 0 Å². The van der Waals surface area contributed by atoms with Gasteiger partial charge in [0.05, 0.1) is 28.7 Å². The van der Waals surface area contributed by atoms with Gasteiger partial charge in [0.2, 0.25) is 0 Å². The van der Waals surface area contributed by atoms with Crippen molar-refractivity contribution >= 4 is 22.7 Å². The Morgan fingerprint density at radius 1 is 1.07 bits per heavy atom. The summed E-state index contributed by atoms with van der Waals surface area (Å²) in [6.07, 6.45) is -6.07. The van der Waals surface area contributed by atoms with Crippen LogP contribution < -0.4 is 16.6 Å². The third-order valence-electron chi connectivity index (χ3n) is 4.46. The predicted molar refractivity (Wildman–Crippen MR) is 100 cm³/mol. The Kier molecular flexibility index (Phi) is 5.19. The van der Waals surface area contributed by atoms with Crippen LogP contribution in [0.1, 0.15) is 18.1 Å². The molecule has 0 aliphatic carbocycles. The molecule has 1 amide bonds. The van der Waals surface area contributed by atoms with E-state index in [0.29, 0.717) is 4.57 Å². The Hall–Kier alpha value is -3.56. The van der Waals surface area contributed by atoms with Gasteiger partial charge in [0, 0.05) is 6.54 Å². The van der Waals surface area contributed by atoms with E-state index in [-0.39, 0.29) is 28.7 Å². The van der Waals surface area contributed by atoms with Gasteiger partial charge in [-0.15, -0.1) is 0 Å². The second kappa shape index (κ2) is 7.46. The van der Waals surface area contributed by atoms with Crippen molar-refractivity contribution in [3.8, 4) is 0 Å². The molecule has 0 saturated carbocycles. The molecule has 0 aliphatic heterocycles. The third kappa shape index (κ3) is 3.73. The van der Waals surface area contributed by atoms with E-state index in [1.807, 2.05) is 0 Å². The molecule has 2 N–H and O–H groups in total. The minimum atomic E-state index is -4.66. The number of nitrogens with one attached hydrogen (secondary N) is 1. The SMILES string of the molecule is CCn1c(=O)n(Cc2ccccc2C(F)(F)F)c(=O)c2c(NC(=O)O)cccc21. The molecule has 1 aromatic heterocycles. The van der Waals surface area contributed by atoms with E-state index in [9.17, 15) is 27.6 Å². The maximum absolute atomic E-state index is 13.3. The van der Waals surface area contributed by atoms with Crippen LogP contribution in [0.25, 0.3) is 10.9 Å². The Balaban J connectivity index is 2.32. The van der Waals surface area contributed by atoms with E-state index in [1.165, 1.54) is 41.0 Å². The number of fused-ring (bicyclic) bond motifs is 1. The topological polar surface area (TPSA) is 93.3 Å². The van der Waals surface area contributed by atoms with Crippen LogP contribution in [-0.4, -0.2) is 20.3 Å². The van der Waals surface area contributed by atoms with Crippen molar-refractivity contribution in [1.29, 1.82) is 0 Å². The van der Waals surface area contributed by atoms with Gasteiger partial charge in [0.25, 0.3) is 5.56 Å². The van der Waals surface area contributed by atoms with Crippen molar-refractivity contribution < 1.29 is 23.1 Å². The number of carbonyl (C=O) groups is 1. The molecular weight excluding hydrogens is 391 g/mol. The monoisotopic (exact) mass is 407 g/mol. The smallest absolute Gasteiger partial charge is 0.416 e. The molecule has 1 heterocycles. The summed E-state index contributed by atoms with van der Waals surface area (Å²) < 4.78 is 41.8. The van der Waals surface area contributed by atoms with Crippen LogP contribution in [0.3, 0.4) is 0 Å². The van der Waals surface area contributed by atoms with E-state index < -0.39 is 35.6 Å². The number of hydrogen-bond acceptors (Lipinski definition) is 3. The zero-order valence-corrected chi connectivity index (χ0v) is 15.2. The van der Waals surface area contributed by atoms with Gasteiger partial charge in [-0.05, 0) is 30.7 Å². The average molecular weight is 407 g/mol. The number of amides is 1. The molecule has 0 saturated heterocycles. The lowest BCUT2D eigenvalue weighted by Gasteiger charge is -2.17. The Morgan fingerprint density at radius 3 is 2.38 bits per heavy atom. The molecule has 0 spiro atoms. The number of alkyl halides is 3. The van der Waals surface area contributed by atoms with Crippen LogP contribution in [0, 0.1) is 0 Å². The molecule has 0 unspecified atom stereocenters. The van der Waals surface area contributed by atoms with E-state index in [4.69, 9.17) is 5.11 Å². The average Bonchev–Trinajstić information content (AvgIpc) is 2.64. The number of carboxylic acid groups (broad SMARTS) is 1. The number of halogens is 3. The highest BCUT2D eigenvalue weighted by Gasteiger charge is 2.33. The number of anilines is 1. The summed E-state index contributed by atoms with van der Waals surface area (Å²) in [5, 5.41) is 11.0. The molecule has 10 heteroatoms. The van der Waals surface area contributed by atoms with Gasteiger partial charge >= 0.3 is 18.0 Å². The zero-order chi connectivity index (χ0) is 21.3. The Labute approximate surface area is 161 Å². The molecular formula is C19H16F3N3O4. The highest BCUT2D eigenvalue weighted by atomic mass is 19.4. The van der Waals surface area contributed by atoms with Crippen molar-refractivity contribution in [2.75, 3.05) is 5.32 Å². The number of nitrogens with zero attached hydrogens (tertiary/aromatic N) is 2. The van der Waals surface area contributed by atoms with Gasteiger partial charge in [-0.25, -0.2) is 9.59 Å². The number of aromatic nitrogens is 2. The predicted octanol–water partition coefficient (Wildman–Crippen LogP) is 3.34. The molecule has 0 fully saturated rings. The second-order valence-electron chi connectivity index (χ2n) is 6.20. The summed E-state index contributed by atoms with van der Waals surface area (Å²) in [6, 6.07) is 8.95. The van der Waals surface area contributed by atoms with Gasteiger partial charge in [-0.2, -0.15) is 13.2 Å². The maximum atomic E-state index is 13.3. The molecule has 0 aliphatic rings. The summed E-state index contributed by atoms with van der Waals surface area (Å²) in [6.45, 7) is 1.16. The summed E-state index contributed by atoms with van der Waals surface area (Å²) in [5.74, 6) is 0. The zero-order valence-electron chi connectivity index (χ0n) is 15.2. The van der Waals surface area contributed by atoms with Crippen molar-refractivity contribution in [1.82, 2.24) is 9.13 Å². The van der Waals surface area contributed by atoms with Crippen molar-refractivity contribution in [2.45, 2.75) is 26.2 Å². The van der Waals surface area contributed by atoms with Crippen molar-refractivity contribution in [3.63, 3.8) is 0 Å². The lowest BCUT2D eigenvalue weighted by molar-refractivity contribution is -0.138. The molecule has 3 rings (SSSR count). The largest absolute Gasteiger partial charge is 0.465 e. The lowest BCUT2D eigenvalue weighted by Crippen LogP contribution is -2.40. The number of rotatable bonds is 4.